The molecule has 10 heteroatoms. The molecule has 1 aliphatic rings. The van der Waals surface area contributed by atoms with E-state index in [1.807, 2.05) is 0 Å². The van der Waals surface area contributed by atoms with Gasteiger partial charge in [0.05, 0.1) is 24.8 Å². The number of hydrogen-bond donors (Lipinski definition) is 6. The largest absolute Gasteiger partial charge is 0.492 e. The fourth-order valence-corrected chi connectivity index (χ4v) is 2.94. The van der Waals surface area contributed by atoms with Gasteiger partial charge in [-0.2, -0.15) is 9.97 Å². The van der Waals surface area contributed by atoms with Crippen molar-refractivity contribution in [2.75, 3.05) is 12.9 Å². The average molecular weight is 328 g/mol. The predicted molar refractivity (Wildman–Crippen MR) is 78.4 cm³/mol. The lowest BCUT2D eigenvalue weighted by atomic mass is 10.0. The molecule has 120 valence electrons. The molecule has 1 aliphatic heterocycles. The van der Waals surface area contributed by atoms with Crippen molar-refractivity contribution < 1.29 is 24.6 Å². The Labute approximate surface area is 129 Å². The second kappa shape index (κ2) is 5.89. The third kappa shape index (κ3) is 2.48. The number of nitrogens with one attached hydrogen (secondary N) is 2. The Hall–Kier alpha value is -1.59. The van der Waals surface area contributed by atoms with Gasteiger partial charge in [-0.15, -0.1) is 0 Å². The molecule has 0 aromatic carbocycles. The maximum Gasteiger partial charge on any atom is 0.317 e. The number of rotatable bonds is 4. The number of aromatic nitrogens is 3. The molecule has 0 amide bonds. The topological polar surface area (TPSA) is 144 Å². The quantitative estimate of drug-likeness (QED) is 0.405. The van der Waals surface area contributed by atoms with E-state index in [-0.39, 0.29) is 23.5 Å². The van der Waals surface area contributed by atoms with Crippen molar-refractivity contribution in [3.63, 3.8) is 0 Å². The molecule has 4 atom stereocenters. The molecule has 6 N–H and O–H groups in total. The van der Waals surface area contributed by atoms with Crippen LogP contribution in [-0.4, -0.2) is 66.5 Å². The van der Waals surface area contributed by atoms with E-state index in [0.29, 0.717) is 5.56 Å². The molecule has 0 aliphatic carbocycles. The van der Waals surface area contributed by atoms with Gasteiger partial charge in [0.25, 0.3) is 0 Å². The minimum Gasteiger partial charge on any atom is -0.492 e. The summed E-state index contributed by atoms with van der Waals surface area (Å²) < 4.78 is 5.20. The first-order valence-corrected chi connectivity index (χ1v) is 7.72. The normalized spacial score (nSPS) is 28.5. The van der Waals surface area contributed by atoms with Crippen molar-refractivity contribution in [3.8, 4) is 11.9 Å². The lowest BCUT2D eigenvalue weighted by Crippen LogP contribution is -2.36. The highest BCUT2D eigenvalue weighted by Crippen LogP contribution is 2.34. The highest BCUT2D eigenvalue weighted by Gasteiger charge is 2.43. The molecule has 9 nitrogen and oxygen atoms in total. The Morgan fingerprint density at radius 3 is 2.77 bits per heavy atom. The number of aliphatic hydroxyl groups is 2. The summed E-state index contributed by atoms with van der Waals surface area (Å²) in [5.74, 6) is -0.385. The van der Waals surface area contributed by atoms with Crippen molar-refractivity contribution in [3.05, 3.63) is 11.8 Å². The minimum atomic E-state index is -1.08. The number of aliphatic hydroxyl groups excluding tert-OH is 2. The number of aromatic amines is 1. The van der Waals surface area contributed by atoms with Crippen LogP contribution in [0.15, 0.2) is 6.20 Å². The first-order valence-electron chi connectivity index (χ1n) is 6.57. The summed E-state index contributed by atoms with van der Waals surface area (Å²) in [6.45, 7) is 0.226. The van der Waals surface area contributed by atoms with E-state index >= 15 is 0 Å². The van der Waals surface area contributed by atoms with E-state index < -0.39 is 30.3 Å². The number of aromatic hydroxyl groups is 2. The van der Waals surface area contributed by atoms with E-state index in [4.69, 9.17) is 4.18 Å². The minimum absolute atomic E-state index is 0.226. The SMILES string of the molecule is CSOC[C@H]1N[C@@H](c2c[nH]c3c(O)nc(O)nc23)[C@H](O)[C@@H]1O. The van der Waals surface area contributed by atoms with Crippen LogP contribution in [0.3, 0.4) is 0 Å². The van der Waals surface area contributed by atoms with Crippen LogP contribution in [0.25, 0.3) is 11.0 Å². The molecular formula is C12H16N4O5S. The lowest BCUT2D eigenvalue weighted by Gasteiger charge is -2.14. The molecule has 0 bridgehead atoms. The summed E-state index contributed by atoms with van der Waals surface area (Å²) in [7, 11) is 0. The Balaban J connectivity index is 1.94. The van der Waals surface area contributed by atoms with E-state index in [0.717, 1.165) is 0 Å². The number of nitrogens with zero attached hydrogens (tertiary/aromatic N) is 2. The smallest absolute Gasteiger partial charge is 0.317 e. The summed E-state index contributed by atoms with van der Waals surface area (Å²) in [4.78, 5) is 10.1. The first-order chi connectivity index (χ1) is 10.5. The zero-order chi connectivity index (χ0) is 15.9. The zero-order valence-electron chi connectivity index (χ0n) is 11.6. The third-order valence-corrected chi connectivity index (χ3v) is 4.09. The first kappa shape index (κ1) is 15.3. The van der Waals surface area contributed by atoms with Gasteiger partial charge in [-0.05, 0) is 12.0 Å². The second-order valence-corrected chi connectivity index (χ2v) is 5.57. The van der Waals surface area contributed by atoms with Gasteiger partial charge in [0, 0.05) is 18.0 Å². The average Bonchev–Trinajstić information content (AvgIpc) is 3.00. The van der Waals surface area contributed by atoms with Crippen molar-refractivity contribution in [2.24, 2.45) is 0 Å². The van der Waals surface area contributed by atoms with Crippen LogP contribution in [0.1, 0.15) is 11.6 Å². The standard InChI is InChI=1S/C12H16N4O5S/c1-22-21-3-5-9(17)10(18)7(14-5)4-2-13-8-6(4)15-12(20)16-11(8)19/h2,5,7,9-10,13-14,17-18H,3H2,1H3,(H2,15,16,19,20)/t5-,7+,9-,10+/m1/s1. The Kier molecular flexibility index (Phi) is 4.10. The fourth-order valence-electron chi connectivity index (χ4n) is 2.66. The predicted octanol–water partition coefficient (Wildman–Crippen LogP) is -0.602. The maximum atomic E-state index is 10.2. The molecule has 22 heavy (non-hydrogen) atoms. The summed E-state index contributed by atoms with van der Waals surface area (Å²) in [5, 5.41) is 42.5. The van der Waals surface area contributed by atoms with E-state index in [2.05, 4.69) is 20.3 Å². The van der Waals surface area contributed by atoms with Crippen LogP contribution in [0, 0.1) is 0 Å². The molecule has 1 saturated heterocycles. The van der Waals surface area contributed by atoms with Crippen molar-refractivity contribution in [2.45, 2.75) is 24.3 Å². The van der Waals surface area contributed by atoms with Crippen LogP contribution in [0.5, 0.6) is 11.9 Å². The third-order valence-electron chi connectivity index (χ3n) is 3.72. The number of fused-ring (bicyclic) bond motifs is 1. The second-order valence-electron chi connectivity index (χ2n) is 5.00. The summed E-state index contributed by atoms with van der Waals surface area (Å²) in [6, 6.07) is -1.63. The molecule has 3 rings (SSSR count). The monoisotopic (exact) mass is 328 g/mol. The van der Waals surface area contributed by atoms with E-state index in [1.165, 1.54) is 12.0 Å². The molecular weight excluding hydrogens is 312 g/mol. The van der Waals surface area contributed by atoms with Crippen LogP contribution >= 0.6 is 12.0 Å². The maximum absolute atomic E-state index is 10.2. The summed E-state index contributed by atoms with van der Waals surface area (Å²) >= 11 is 1.17. The van der Waals surface area contributed by atoms with Crippen LogP contribution in [-0.2, 0) is 4.18 Å². The highest BCUT2D eigenvalue weighted by atomic mass is 32.2. The van der Waals surface area contributed by atoms with Gasteiger partial charge in [-0.3, -0.25) is 0 Å². The number of hydrogen-bond acceptors (Lipinski definition) is 9. The summed E-state index contributed by atoms with van der Waals surface area (Å²) in [5.41, 5.74) is 1.04. The Morgan fingerprint density at radius 1 is 1.27 bits per heavy atom. The molecule has 0 unspecified atom stereocenters. The van der Waals surface area contributed by atoms with E-state index in [1.54, 1.807) is 12.5 Å². The van der Waals surface area contributed by atoms with Crippen molar-refractivity contribution in [1.29, 1.82) is 0 Å². The Morgan fingerprint density at radius 2 is 2.05 bits per heavy atom. The van der Waals surface area contributed by atoms with Gasteiger partial charge >= 0.3 is 6.01 Å². The van der Waals surface area contributed by atoms with Gasteiger partial charge in [0.15, 0.2) is 0 Å². The zero-order valence-corrected chi connectivity index (χ0v) is 12.4. The van der Waals surface area contributed by atoms with Gasteiger partial charge < -0.3 is 34.9 Å². The van der Waals surface area contributed by atoms with Gasteiger partial charge in [-0.25, -0.2) is 0 Å². The van der Waals surface area contributed by atoms with Crippen LogP contribution in [0.2, 0.25) is 0 Å². The summed E-state index contributed by atoms with van der Waals surface area (Å²) in [6.07, 6.45) is 1.22. The lowest BCUT2D eigenvalue weighted by molar-refractivity contribution is 0.0226. The molecule has 3 heterocycles. The van der Waals surface area contributed by atoms with Crippen LogP contribution in [0.4, 0.5) is 0 Å². The van der Waals surface area contributed by atoms with Gasteiger partial charge in [0.2, 0.25) is 5.88 Å². The fraction of sp³-hybridized carbons (Fsp3) is 0.500. The van der Waals surface area contributed by atoms with Gasteiger partial charge in [-0.1, -0.05) is 0 Å². The Bertz CT molecular complexity index is 681. The molecule has 0 radical (unpaired) electrons. The van der Waals surface area contributed by atoms with Crippen LogP contribution < -0.4 is 5.32 Å². The molecule has 0 spiro atoms. The van der Waals surface area contributed by atoms with Crippen molar-refractivity contribution in [1.82, 2.24) is 20.3 Å². The van der Waals surface area contributed by atoms with E-state index in [9.17, 15) is 20.4 Å². The molecule has 2 aromatic heterocycles. The molecule has 1 fully saturated rings. The highest BCUT2D eigenvalue weighted by molar-refractivity contribution is 7.93. The van der Waals surface area contributed by atoms with Crippen molar-refractivity contribution >= 4 is 23.1 Å². The molecule has 2 aromatic rings. The number of H-pyrrole nitrogens is 1. The van der Waals surface area contributed by atoms with Gasteiger partial charge in [0.1, 0.15) is 17.1 Å². The molecule has 0 saturated carbocycles.